The largest absolute Gasteiger partial charge is 0.335 e. The van der Waals surface area contributed by atoms with Crippen molar-refractivity contribution in [1.29, 1.82) is 0 Å². The van der Waals surface area contributed by atoms with Crippen LogP contribution in [0.3, 0.4) is 0 Å². The zero-order chi connectivity index (χ0) is 24.4. The molecule has 35 heavy (non-hydrogen) atoms. The van der Waals surface area contributed by atoms with Crippen molar-refractivity contribution in [2.45, 2.75) is 13.5 Å². The lowest BCUT2D eigenvalue weighted by Crippen LogP contribution is -2.49. The first-order valence-electron chi connectivity index (χ1n) is 11.4. The van der Waals surface area contributed by atoms with E-state index < -0.39 is 17.2 Å². The number of halogens is 1. The number of hydrogen-bond acceptors (Lipinski definition) is 6. The van der Waals surface area contributed by atoms with Crippen LogP contribution in [0.5, 0.6) is 0 Å². The van der Waals surface area contributed by atoms with E-state index in [2.05, 4.69) is 15.4 Å². The molecular formula is C26H24FN5O2S. The number of carbonyl (C=O) groups is 1. The first-order valence-corrected chi connectivity index (χ1v) is 12.2. The Hall–Kier alpha value is -3.69. The average Bonchev–Trinajstić information content (AvgIpc) is 3.34. The standard InChI is InChI=1S/C26H24FN5O2S/c1-18-15-23(33)24(29-32(18)22-10-6-5-9-21(22)27)26(34)31-13-11-30(12-14-31)16-20-17-35-25(28-20)19-7-3-2-4-8-19/h2-10,15,17H,11-14,16H2,1H3. The number of hydrogen-bond donors (Lipinski definition) is 0. The fourth-order valence-corrected chi connectivity index (χ4v) is 4.96. The van der Waals surface area contributed by atoms with Crippen LogP contribution >= 0.6 is 11.3 Å². The van der Waals surface area contributed by atoms with Crippen molar-refractivity contribution < 1.29 is 9.18 Å². The molecule has 1 amide bonds. The maximum absolute atomic E-state index is 14.3. The van der Waals surface area contributed by atoms with Crippen LogP contribution in [0, 0.1) is 12.7 Å². The third-order valence-corrected chi connectivity index (χ3v) is 6.95. The molecule has 0 unspecified atom stereocenters. The molecule has 0 radical (unpaired) electrons. The molecule has 1 saturated heterocycles. The van der Waals surface area contributed by atoms with Crippen LogP contribution in [0.1, 0.15) is 21.9 Å². The normalized spacial score (nSPS) is 14.3. The lowest BCUT2D eigenvalue weighted by Gasteiger charge is -2.34. The molecule has 9 heteroatoms. The lowest BCUT2D eigenvalue weighted by molar-refractivity contribution is 0.0618. The summed E-state index contributed by atoms with van der Waals surface area (Å²) in [6, 6.07) is 17.6. The van der Waals surface area contributed by atoms with Crippen molar-refractivity contribution >= 4 is 17.2 Å². The quantitative estimate of drug-likeness (QED) is 0.427. The third-order valence-electron chi connectivity index (χ3n) is 6.01. The molecule has 1 aliphatic heterocycles. The fraction of sp³-hybridized carbons (Fsp3) is 0.231. The van der Waals surface area contributed by atoms with Crippen LogP contribution in [0.25, 0.3) is 16.3 Å². The van der Waals surface area contributed by atoms with Crippen LogP contribution in [0.2, 0.25) is 0 Å². The topological polar surface area (TPSA) is 71.3 Å². The highest BCUT2D eigenvalue weighted by Crippen LogP contribution is 2.24. The van der Waals surface area contributed by atoms with Crippen molar-refractivity contribution in [3.8, 4) is 16.3 Å². The summed E-state index contributed by atoms with van der Waals surface area (Å²) in [4.78, 5) is 34.4. The van der Waals surface area contributed by atoms with Gasteiger partial charge in [0.15, 0.2) is 5.69 Å². The molecule has 1 aliphatic rings. The number of amides is 1. The number of aromatic nitrogens is 3. The van der Waals surface area contributed by atoms with Gasteiger partial charge in [-0.05, 0) is 19.1 Å². The first-order chi connectivity index (χ1) is 17.0. The van der Waals surface area contributed by atoms with Crippen molar-refractivity contribution in [2.75, 3.05) is 26.2 Å². The van der Waals surface area contributed by atoms with Gasteiger partial charge in [-0.3, -0.25) is 14.5 Å². The van der Waals surface area contributed by atoms with Crippen LogP contribution in [0.4, 0.5) is 4.39 Å². The monoisotopic (exact) mass is 489 g/mol. The van der Waals surface area contributed by atoms with E-state index in [0.29, 0.717) is 38.4 Å². The second kappa shape index (κ2) is 9.89. The molecule has 2 aromatic heterocycles. The van der Waals surface area contributed by atoms with Gasteiger partial charge in [-0.25, -0.2) is 14.1 Å². The molecule has 0 spiro atoms. The summed E-state index contributed by atoms with van der Waals surface area (Å²) in [5.41, 5.74) is 2.10. The van der Waals surface area contributed by atoms with Gasteiger partial charge in [0, 0.05) is 55.4 Å². The lowest BCUT2D eigenvalue weighted by atomic mass is 10.2. The molecule has 0 atom stereocenters. The molecule has 7 nitrogen and oxygen atoms in total. The number of aryl methyl sites for hydroxylation is 1. The Bertz CT molecular complexity index is 1410. The van der Waals surface area contributed by atoms with Crippen LogP contribution < -0.4 is 5.43 Å². The number of piperazine rings is 1. The van der Waals surface area contributed by atoms with Gasteiger partial charge in [-0.1, -0.05) is 42.5 Å². The van der Waals surface area contributed by atoms with E-state index in [-0.39, 0.29) is 11.4 Å². The minimum absolute atomic E-state index is 0.195. The highest BCUT2D eigenvalue weighted by atomic mass is 32.1. The highest BCUT2D eigenvalue weighted by Gasteiger charge is 2.26. The Labute approximate surface area is 206 Å². The Balaban J connectivity index is 1.26. The van der Waals surface area contributed by atoms with Gasteiger partial charge in [0.25, 0.3) is 5.91 Å². The minimum Gasteiger partial charge on any atom is -0.335 e. The van der Waals surface area contributed by atoms with Gasteiger partial charge in [-0.2, -0.15) is 5.10 Å². The molecule has 2 aromatic carbocycles. The molecule has 0 aliphatic carbocycles. The van der Waals surface area contributed by atoms with Gasteiger partial charge >= 0.3 is 0 Å². The Morgan fingerprint density at radius 1 is 1.03 bits per heavy atom. The van der Waals surface area contributed by atoms with E-state index in [1.54, 1.807) is 41.4 Å². The summed E-state index contributed by atoms with van der Waals surface area (Å²) in [6.07, 6.45) is 0. The van der Waals surface area contributed by atoms with E-state index in [4.69, 9.17) is 4.98 Å². The van der Waals surface area contributed by atoms with Crippen molar-refractivity contribution in [1.82, 2.24) is 24.6 Å². The van der Waals surface area contributed by atoms with E-state index in [1.807, 2.05) is 30.3 Å². The summed E-state index contributed by atoms with van der Waals surface area (Å²) >= 11 is 1.62. The summed E-state index contributed by atoms with van der Waals surface area (Å²) in [7, 11) is 0. The number of para-hydroxylation sites is 1. The molecule has 4 aromatic rings. The predicted molar refractivity (Wildman–Crippen MR) is 133 cm³/mol. The number of thiazole rings is 1. The number of carbonyl (C=O) groups excluding carboxylic acids is 1. The Morgan fingerprint density at radius 2 is 1.74 bits per heavy atom. The van der Waals surface area contributed by atoms with Crippen LogP contribution in [0.15, 0.2) is 70.8 Å². The Morgan fingerprint density at radius 3 is 2.49 bits per heavy atom. The van der Waals surface area contributed by atoms with Crippen LogP contribution in [-0.4, -0.2) is 56.7 Å². The average molecular weight is 490 g/mol. The predicted octanol–water partition coefficient (Wildman–Crippen LogP) is 3.76. The van der Waals surface area contributed by atoms with Crippen LogP contribution in [-0.2, 0) is 6.54 Å². The molecule has 3 heterocycles. The highest BCUT2D eigenvalue weighted by molar-refractivity contribution is 7.13. The van der Waals surface area contributed by atoms with E-state index >= 15 is 0 Å². The summed E-state index contributed by atoms with van der Waals surface area (Å²) < 4.78 is 15.6. The number of benzene rings is 2. The van der Waals surface area contributed by atoms with Gasteiger partial charge < -0.3 is 4.90 Å². The van der Waals surface area contributed by atoms with Crippen molar-refractivity contribution in [3.63, 3.8) is 0 Å². The van der Waals surface area contributed by atoms with Gasteiger partial charge in [0.2, 0.25) is 5.43 Å². The molecule has 0 N–H and O–H groups in total. The maximum atomic E-state index is 14.3. The zero-order valence-corrected chi connectivity index (χ0v) is 20.0. The summed E-state index contributed by atoms with van der Waals surface area (Å²) in [5.74, 6) is -0.906. The van der Waals surface area contributed by atoms with E-state index in [9.17, 15) is 14.0 Å². The maximum Gasteiger partial charge on any atom is 0.278 e. The zero-order valence-electron chi connectivity index (χ0n) is 19.2. The van der Waals surface area contributed by atoms with Gasteiger partial charge in [0.1, 0.15) is 16.5 Å². The molecule has 5 rings (SSSR count). The number of nitrogens with zero attached hydrogens (tertiary/aromatic N) is 5. The second-order valence-corrected chi connectivity index (χ2v) is 9.30. The molecule has 178 valence electrons. The molecule has 1 fully saturated rings. The second-order valence-electron chi connectivity index (χ2n) is 8.44. The first kappa shape index (κ1) is 23.1. The summed E-state index contributed by atoms with van der Waals surface area (Å²) in [6.45, 7) is 4.64. The third kappa shape index (κ3) is 4.91. The minimum atomic E-state index is -0.476. The summed E-state index contributed by atoms with van der Waals surface area (Å²) in [5, 5.41) is 7.31. The van der Waals surface area contributed by atoms with Gasteiger partial charge in [0.05, 0.1) is 5.69 Å². The molecule has 0 bridgehead atoms. The van der Waals surface area contributed by atoms with E-state index in [0.717, 1.165) is 16.3 Å². The van der Waals surface area contributed by atoms with Crippen molar-refractivity contribution in [2.24, 2.45) is 0 Å². The molecular weight excluding hydrogens is 465 g/mol. The number of rotatable bonds is 5. The SMILES string of the molecule is Cc1cc(=O)c(C(=O)N2CCN(Cc3csc(-c4ccccc4)n3)CC2)nn1-c1ccccc1F. The van der Waals surface area contributed by atoms with Gasteiger partial charge in [-0.15, -0.1) is 11.3 Å². The van der Waals surface area contributed by atoms with E-state index in [1.165, 1.54) is 16.8 Å². The Kier molecular flexibility index (Phi) is 6.52. The molecule has 0 saturated carbocycles. The smallest absolute Gasteiger partial charge is 0.278 e. The van der Waals surface area contributed by atoms with Crippen molar-refractivity contribution in [3.05, 3.63) is 99.2 Å². The fourth-order valence-electron chi connectivity index (χ4n) is 4.14.